The van der Waals surface area contributed by atoms with Crippen LogP contribution in [0.3, 0.4) is 0 Å². The second-order valence-corrected chi connectivity index (χ2v) is 6.48. The third-order valence-corrected chi connectivity index (χ3v) is 4.61. The minimum Gasteiger partial charge on any atom is -0.364 e. The zero-order valence-electron chi connectivity index (χ0n) is 12.9. The molecular weight excluding hydrogens is 234 g/mol. The van der Waals surface area contributed by atoms with Crippen LogP contribution in [-0.4, -0.2) is 43.2 Å². The second kappa shape index (κ2) is 5.14. The molecule has 1 heterocycles. The standard InChI is InChI=1S/C16H27N3/c1-12-6-7-14(8-13(12)2)19-11-16(3,4)18(5)10-15(19)9-17/h6-8,15H,9-11,17H2,1-5H3. The van der Waals surface area contributed by atoms with Crippen LogP contribution in [0.15, 0.2) is 18.2 Å². The third kappa shape index (κ3) is 2.77. The molecule has 0 aromatic heterocycles. The van der Waals surface area contributed by atoms with Gasteiger partial charge in [0, 0.05) is 30.9 Å². The molecule has 1 aliphatic heterocycles. The van der Waals surface area contributed by atoms with Gasteiger partial charge < -0.3 is 10.6 Å². The third-order valence-electron chi connectivity index (χ3n) is 4.61. The molecule has 2 N–H and O–H groups in total. The van der Waals surface area contributed by atoms with E-state index in [-0.39, 0.29) is 5.54 Å². The molecule has 0 saturated carbocycles. The van der Waals surface area contributed by atoms with Gasteiger partial charge in [-0.3, -0.25) is 4.90 Å². The summed E-state index contributed by atoms with van der Waals surface area (Å²) in [5, 5.41) is 0. The Morgan fingerprint density at radius 2 is 1.95 bits per heavy atom. The predicted molar refractivity (Wildman–Crippen MR) is 82.8 cm³/mol. The van der Waals surface area contributed by atoms with E-state index in [1.807, 2.05) is 0 Å². The van der Waals surface area contributed by atoms with Gasteiger partial charge in [-0.2, -0.15) is 0 Å². The van der Waals surface area contributed by atoms with Crippen molar-refractivity contribution in [3.8, 4) is 0 Å². The molecule has 1 aliphatic rings. The molecule has 106 valence electrons. The first kappa shape index (κ1) is 14.4. The highest BCUT2D eigenvalue weighted by Gasteiger charge is 2.36. The maximum Gasteiger partial charge on any atom is 0.0540 e. The fourth-order valence-corrected chi connectivity index (χ4v) is 2.74. The zero-order chi connectivity index (χ0) is 14.2. The van der Waals surface area contributed by atoms with Gasteiger partial charge in [0.1, 0.15) is 0 Å². The number of nitrogens with two attached hydrogens (primary N) is 1. The summed E-state index contributed by atoms with van der Waals surface area (Å²) in [4.78, 5) is 4.90. The van der Waals surface area contributed by atoms with Crippen LogP contribution >= 0.6 is 0 Å². The highest BCUT2D eigenvalue weighted by Crippen LogP contribution is 2.28. The van der Waals surface area contributed by atoms with Crippen molar-refractivity contribution >= 4 is 5.69 Å². The molecule has 0 spiro atoms. The SMILES string of the molecule is Cc1ccc(N2CC(C)(C)N(C)CC2CN)cc1C. The van der Waals surface area contributed by atoms with Crippen LogP contribution in [-0.2, 0) is 0 Å². The predicted octanol–water partition coefficient (Wildman–Crippen LogP) is 2.16. The van der Waals surface area contributed by atoms with Gasteiger partial charge in [-0.25, -0.2) is 0 Å². The summed E-state index contributed by atoms with van der Waals surface area (Å²) in [5.41, 5.74) is 10.2. The van der Waals surface area contributed by atoms with E-state index in [0.717, 1.165) is 13.1 Å². The smallest absolute Gasteiger partial charge is 0.0540 e. The Morgan fingerprint density at radius 1 is 1.26 bits per heavy atom. The Kier molecular flexibility index (Phi) is 3.88. The quantitative estimate of drug-likeness (QED) is 0.885. The average molecular weight is 261 g/mol. The average Bonchev–Trinajstić information content (AvgIpc) is 2.35. The zero-order valence-corrected chi connectivity index (χ0v) is 12.9. The van der Waals surface area contributed by atoms with Gasteiger partial charge in [0.2, 0.25) is 0 Å². The maximum atomic E-state index is 5.98. The largest absolute Gasteiger partial charge is 0.364 e. The molecule has 2 rings (SSSR count). The first-order valence-electron chi connectivity index (χ1n) is 7.10. The number of aryl methyl sites for hydroxylation is 2. The van der Waals surface area contributed by atoms with E-state index in [1.54, 1.807) is 0 Å². The lowest BCUT2D eigenvalue weighted by atomic mass is 9.95. The van der Waals surface area contributed by atoms with Crippen LogP contribution in [0.2, 0.25) is 0 Å². The minimum atomic E-state index is 0.185. The van der Waals surface area contributed by atoms with E-state index in [4.69, 9.17) is 5.73 Å². The van der Waals surface area contributed by atoms with Crippen molar-refractivity contribution in [3.05, 3.63) is 29.3 Å². The number of hydrogen-bond donors (Lipinski definition) is 1. The van der Waals surface area contributed by atoms with Crippen molar-refractivity contribution in [3.63, 3.8) is 0 Å². The summed E-state index contributed by atoms with van der Waals surface area (Å²) in [5.74, 6) is 0. The van der Waals surface area contributed by atoms with E-state index in [0.29, 0.717) is 12.6 Å². The molecule has 1 unspecified atom stereocenters. The van der Waals surface area contributed by atoms with E-state index in [2.05, 4.69) is 62.7 Å². The van der Waals surface area contributed by atoms with E-state index >= 15 is 0 Å². The fourth-order valence-electron chi connectivity index (χ4n) is 2.74. The van der Waals surface area contributed by atoms with Crippen molar-refractivity contribution in [2.45, 2.75) is 39.3 Å². The molecule has 19 heavy (non-hydrogen) atoms. The van der Waals surface area contributed by atoms with Gasteiger partial charge in [0.05, 0.1) is 6.04 Å². The number of anilines is 1. The summed E-state index contributed by atoms with van der Waals surface area (Å²) in [7, 11) is 2.19. The molecule has 1 atom stereocenters. The lowest BCUT2D eigenvalue weighted by molar-refractivity contribution is 0.116. The topological polar surface area (TPSA) is 32.5 Å². The molecular formula is C16H27N3. The lowest BCUT2D eigenvalue weighted by Gasteiger charge is -2.50. The van der Waals surface area contributed by atoms with Crippen LogP contribution in [0.25, 0.3) is 0 Å². The van der Waals surface area contributed by atoms with Crippen LogP contribution in [0, 0.1) is 13.8 Å². The van der Waals surface area contributed by atoms with Gasteiger partial charge in [0.15, 0.2) is 0 Å². The number of nitrogens with zero attached hydrogens (tertiary/aromatic N) is 2. The monoisotopic (exact) mass is 261 g/mol. The molecule has 3 nitrogen and oxygen atoms in total. The summed E-state index contributed by atoms with van der Waals surface area (Å²) >= 11 is 0. The highest BCUT2D eigenvalue weighted by atomic mass is 15.3. The van der Waals surface area contributed by atoms with Crippen LogP contribution in [0.1, 0.15) is 25.0 Å². The van der Waals surface area contributed by atoms with Gasteiger partial charge in [0.25, 0.3) is 0 Å². The Labute approximate surface area is 117 Å². The van der Waals surface area contributed by atoms with Crippen molar-refractivity contribution in [2.24, 2.45) is 5.73 Å². The van der Waals surface area contributed by atoms with Crippen LogP contribution < -0.4 is 10.6 Å². The van der Waals surface area contributed by atoms with Gasteiger partial charge >= 0.3 is 0 Å². The number of benzene rings is 1. The van der Waals surface area contributed by atoms with E-state index < -0.39 is 0 Å². The lowest BCUT2D eigenvalue weighted by Crippen LogP contribution is -2.64. The number of piperazine rings is 1. The molecule has 1 saturated heterocycles. The first-order chi connectivity index (χ1) is 8.85. The maximum absolute atomic E-state index is 5.98. The Bertz CT molecular complexity index is 453. The molecule has 0 radical (unpaired) electrons. The summed E-state index contributed by atoms with van der Waals surface area (Å²) < 4.78 is 0. The Balaban J connectivity index is 2.32. The number of likely N-dealkylation sites (N-methyl/N-ethyl adjacent to an activating group) is 1. The summed E-state index contributed by atoms with van der Waals surface area (Å²) in [6.07, 6.45) is 0. The second-order valence-electron chi connectivity index (χ2n) is 6.48. The first-order valence-corrected chi connectivity index (χ1v) is 7.10. The highest BCUT2D eigenvalue weighted by molar-refractivity contribution is 5.52. The summed E-state index contributed by atoms with van der Waals surface area (Å²) in [6.45, 7) is 11.7. The number of rotatable bonds is 2. The van der Waals surface area contributed by atoms with Gasteiger partial charge in [-0.05, 0) is 58.0 Å². The minimum absolute atomic E-state index is 0.185. The number of hydrogen-bond acceptors (Lipinski definition) is 3. The molecule has 0 aliphatic carbocycles. The van der Waals surface area contributed by atoms with E-state index in [9.17, 15) is 0 Å². The van der Waals surface area contributed by atoms with Crippen LogP contribution in [0.4, 0.5) is 5.69 Å². The Hall–Kier alpha value is -1.06. The van der Waals surface area contributed by atoms with Gasteiger partial charge in [-0.1, -0.05) is 6.07 Å². The van der Waals surface area contributed by atoms with E-state index in [1.165, 1.54) is 16.8 Å². The molecule has 3 heteroatoms. The molecule has 0 amide bonds. The fraction of sp³-hybridized carbons (Fsp3) is 0.625. The van der Waals surface area contributed by atoms with Gasteiger partial charge in [-0.15, -0.1) is 0 Å². The van der Waals surface area contributed by atoms with Crippen molar-refractivity contribution in [2.75, 3.05) is 31.6 Å². The van der Waals surface area contributed by atoms with Crippen LogP contribution in [0.5, 0.6) is 0 Å². The normalized spacial score (nSPS) is 23.7. The Morgan fingerprint density at radius 3 is 2.53 bits per heavy atom. The molecule has 1 fully saturated rings. The molecule has 1 aromatic carbocycles. The van der Waals surface area contributed by atoms with Crippen molar-refractivity contribution in [1.29, 1.82) is 0 Å². The van der Waals surface area contributed by atoms with Crippen molar-refractivity contribution in [1.82, 2.24) is 4.90 Å². The summed E-state index contributed by atoms with van der Waals surface area (Å²) in [6, 6.07) is 7.13. The molecule has 0 bridgehead atoms. The molecule has 1 aromatic rings. The van der Waals surface area contributed by atoms with Crippen molar-refractivity contribution < 1.29 is 0 Å².